The number of benzene rings is 1. The number of rotatable bonds is 4. The fourth-order valence-corrected chi connectivity index (χ4v) is 4.91. The zero-order valence-electron chi connectivity index (χ0n) is 13.3. The molecular formula is C16H16ClFN2O3S2. The Kier molecular flexibility index (Phi) is 5.15. The van der Waals surface area contributed by atoms with Crippen LogP contribution in [-0.4, -0.2) is 14.3 Å². The molecular weight excluding hydrogens is 387 g/mol. The number of carbonyl (C=O) groups excluding carboxylic acids is 1. The molecule has 0 saturated carbocycles. The molecule has 1 atom stereocenters. The van der Waals surface area contributed by atoms with Crippen molar-refractivity contribution in [1.29, 1.82) is 0 Å². The van der Waals surface area contributed by atoms with E-state index in [-0.39, 0.29) is 9.92 Å². The van der Waals surface area contributed by atoms with Crippen LogP contribution < -0.4 is 10.3 Å². The van der Waals surface area contributed by atoms with E-state index in [1.165, 1.54) is 16.2 Å². The van der Waals surface area contributed by atoms with Gasteiger partial charge in [-0.25, -0.2) is 12.8 Å². The van der Waals surface area contributed by atoms with E-state index in [4.69, 9.17) is 11.6 Å². The standard InChI is InChI=1S/C16H16ClFN2O3S2/c1-9-2-5-14-10(6-9)7-15(24-14)16(21)19-20-25(22,23)11-3-4-13(18)12(17)8-11/h3-4,7-9,20H,2,5-6H2,1H3,(H,19,21)/t9-/m1/s1. The highest BCUT2D eigenvalue weighted by Gasteiger charge is 2.22. The van der Waals surface area contributed by atoms with Crippen LogP contribution in [0.4, 0.5) is 4.39 Å². The molecule has 0 saturated heterocycles. The first-order chi connectivity index (χ1) is 11.8. The maximum absolute atomic E-state index is 13.1. The van der Waals surface area contributed by atoms with Crippen molar-refractivity contribution >= 4 is 38.9 Å². The first-order valence-electron chi connectivity index (χ1n) is 7.65. The topological polar surface area (TPSA) is 75.3 Å². The van der Waals surface area contributed by atoms with E-state index >= 15 is 0 Å². The third-order valence-electron chi connectivity index (χ3n) is 4.05. The summed E-state index contributed by atoms with van der Waals surface area (Å²) < 4.78 is 37.5. The van der Waals surface area contributed by atoms with E-state index in [9.17, 15) is 17.6 Å². The van der Waals surface area contributed by atoms with Gasteiger partial charge in [-0.15, -0.1) is 16.2 Å². The normalized spacial score (nSPS) is 17.2. The van der Waals surface area contributed by atoms with Crippen LogP contribution in [0.2, 0.25) is 5.02 Å². The lowest BCUT2D eigenvalue weighted by Gasteiger charge is -2.16. The zero-order valence-corrected chi connectivity index (χ0v) is 15.7. The number of hydrazine groups is 1. The summed E-state index contributed by atoms with van der Waals surface area (Å²) in [6.07, 6.45) is 2.96. The highest BCUT2D eigenvalue weighted by Crippen LogP contribution is 2.32. The van der Waals surface area contributed by atoms with Crippen LogP contribution in [-0.2, 0) is 22.9 Å². The second-order valence-electron chi connectivity index (χ2n) is 6.04. The van der Waals surface area contributed by atoms with Crippen LogP contribution in [0.15, 0.2) is 29.2 Å². The molecule has 1 aromatic heterocycles. The maximum Gasteiger partial charge on any atom is 0.276 e. The van der Waals surface area contributed by atoms with Gasteiger partial charge in [-0.05, 0) is 55.0 Å². The summed E-state index contributed by atoms with van der Waals surface area (Å²) in [6, 6.07) is 4.82. The summed E-state index contributed by atoms with van der Waals surface area (Å²) in [6.45, 7) is 2.17. The lowest BCUT2D eigenvalue weighted by molar-refractivity contribution is 0.0949. The molecule has 5 nitrogen and oxygen atoms in total. The maximum atomic E-state index is 13.1. The average Bonchev–Trinajstić information content (AvgIpc) is 2.98. The lowest BCUT2D eigenvalue weighted by atomic mass is 9.90. The molecule has 1 aliphatic rings. The molecule has 134 valence electrons. The number of fused-ring (bicyclic) bond motifs is 1. The van der Waals surface area contributed by atoms with E-state index in [0.717, 1.165) is 43.0 Å². The summed E-state index contributed by atoms with van der Waals surface area (Å²) in [5, 5.41) is -0.311. The number of thiophene rings is 1. The van der Waals surface area contributed by atoms with E-state index in [2.05, 4.69) is 12.3 Å². The molecule has 0 unspecified atom stereocenters. The van der Waals surface area contributed by atoms with Gasteiger partial charge in [0.15, 0.2) is 0 Å². The molecule has 1 aliphatic carbocycles. The molecule has 0 radical (unpaired) electrons. The van der Waals surface area contributed by atoms with Crippen LogP contribution >= 0.6 is 22.9 Å². The molecule has 2 aromatic rings. The molecule has 1 aromatic carbocycles. The van der Waals surface area contributed by atoms with Gasteiger partial charge in [0.05, 0.1) is 14.8 Å². The molecule has 1 heterocycles. The smallest absolute Gasteiger partial charge is 0.273 e. The highest BCUT2D eigenvalue weighted by atomic mass is 35.5. The van der Waals surface area contributed by atoms with Crippen molar-refractivity contribution in [2.75, 3.05) is 0 Å². The number of hydrogen-bond donors (Lipinski definition) is 2. The molecule has 25 heavy (non-hydrogen) atoms. The molecule has 0 aliphatic heterocycles. The summed E-state index contributed by atoms with van der Waals surface area (Å²) in [4.78, 5) is 15.6. The largest absolute Gasteiger partial charge is 0.276 e. The van der Waals surface area contributed by atoms with Gasteiger partial charge in [0.1, 0.15) is 5.82 Å². The predicted molar refractivity (Wildman–Crippen MR) is 94.7 cm³/mol. The fraction of sp³-hybridized carbons (Fsp3) is 0.312. The van der Waals surface area contributed by atoms with Crippen molar-refractivity contribution in [2.45, 2.75) is 31.1 Å². The van der Waals surface area contributed by atoms with E-state index in [1.807, 2.05) is 10.9 Å². The summed E-state index contributed by atoms with van der Waals surface area (Å²) >= 11 is 6.97. The summed E-state index contributed by atoms with van der Waals surface area (Å²) in [5.74, 6) is -0.661. The Morgan fingerprint density at radius 1 is 1.36 bits per heavy atom. The number of hydrogen-bond acceptors (Lipinski definition) is 4. The quantitative estimate of drug-likeness (QED) is 0.770. The first-order valence-corrected chi connectivity index (χ1v) is 10.3. The Hall–Kier alpha value is -1.48. The Bertz CT molecular complexity index is 927. The number of carbonyl (C=O) groups is 1. The zero-order chi connectivity index (χ0) is 18.2. The van der Waals surface area contributed by atoms with Crippen LogP contribution in [0.3, 0.4) is 0 Å². The van der Waals surface area contributed by atoms with Crippen molar-refractivity contribution in [2.24, 2.45) is 5.92 Å². The third kappa shape index (κ3) is 4.03. The van der Waals surface area contributed by atoms with Crippen LogP contribution in [0, 0.1) is 11.7 Å². The van der Waals surface area contributed by atoms with Gasteiger partial charge in [0, 0.05) is 4.88 Å². The van der Waals surface area contributed by atoms with E-state index in [1.54, 1.807) is 0 Å². The predicted octanol–water partition coefficient (Wildman–Crippen LogP) is 3.29. The molecule has 3 rings (SSSR count). The average molecular weight is 403 g/mol. The lowest BCUT2D eigenvalue weighted by Crippen LogP contribution is -2.41. The van der Waals surface area contributed by atoms with Crippen molar-refractivity contribution < 1.29 is 17.6 Å². The molecule has 9 heteroatoms. The van der Waals surface area contributed by atoms with Crippen molar-refractivity contribution in [3.05, 3.63) is 50.4 Å². The minimum atomic E-state index is -4.04. The number of nitrogens with one attached hydrogen (secondary N) is 2. The summed E-state index contributed by atoms with van der Waals surface area (Å²) in [7, 11) is -4.04. The third-order valence-corrected chi connectivity index (χ3v) is 6.82. The number of aryl methyl sites for hydroxylation is 1. The number of amides is 1. The second kappa shape index (κ2) is 7.03. The Labute approximate surface area is 154 Å². The van der Waals surface area contributed by atoms with Gasteiger partial charge in [0.25, 0.3) is 15.9 Å². The van der Waals surface area contributed by atoms with Crippen molar-refractivity contribution in [3.63, 3.8) is 0 Å². The van der Waals surface area contributed by atoms with Crippen molar-refractivity contribution in [1.82, 2.24) is 10.3 Å². The summed E-state index contributed by atoms with van der Waals surface area (Å²) in [5.41, 5.74) is 3.34. The Balaban J connectivity index is 1.70. The van der Waals surface area contributed by atoms with Crippen LogP contribution in [0.1, 0.15) is 33.5 Å². The van der Waals surface area contributed by atoms with E-state index < -0.39 is 21.7 Å². The minimum absolute atomic E-state index is 0.238. The van der Waals surface area contributed by atoms with Crippen LogP contribution in [0.25, 0.3) is 0 Å². The van der Waals surface area contributed by atoms with Gasteiger partial charge < -0.3 is 0 Å². The molecule has 0 spiro atoms. The van der Waals surface area contributed by atoms with Gasteiger partial charge in [0.2, 0.25) is 0 Å². The molecule has 1 amide bonds. The van der Waals surface area contributed by atoms with Gasteiger partial charge >= 0.3 is 0 Å². The first kappa shape index (κ1) is 18.3. The fourth-order valence-electron chi connectivity index (χ4n) is 2.70. The molecule has 2 N–H and O–H groups in total. The SMILES string of the molecule is C[C@@H]1CCc2sc(C(=O)NNS(=O)(=O)c3ccc(F)c(Cl)c3)cc2C1. The minimum Gasteiger partial charge on any atom is -0.273 e. The van der Waals surface area contributed by atoms with E-state index in [0.29, 0.717) is 10.8 Å². The monoisotopic (exact) mass is 402 g/mol. The molecule has 0 fully saturated rings. The Morgan fingerprint density at radius 3 is 2.84 bits per heavy atom. The highest BCUT2D eigenvalue weighted by molar-refractivity contribution is 7.89. The van der Waals surface area contributed by atoms with Gasteiger partial charge in [-0.3, -0.25) is 10.2 Å². The second-order valence-corrected chi connectivity index (χ2v) is 9.27. The number of sulfonamides is 1. The van der Waals surface area contributed by atoms with Crippen LogP contribution in [0.5, 0.6) is 0 Å². The van der Waals surface area contributed by atoms with Crippen molar-refractivity contribution in [3.8, 4) is 0 Å². The molecule has 0 bridgehead atoms. The Morgan fingerprint density at radius 2 is 2.12 bits per heavy atom. The van der Waals surface area contributed by atoms with Gasteiger partial charge in [-0.1, -0.05) is 18.5 Å². The number of halogens is 2. The van der Waals surface area contributed by atoms with Gasteiger partial charge in [-0.2, -0.15) is 0 Å².